The van der Waals surface area contributed by atoms with Gasteiger partial charge < -0.3 is 14.8 Å². The van der Waals surface area contributed by atoms with Crippen LogP contribution in [0.2, 0.25) is 5.02 Å². The Labute approximate surface area is 242 Å². The van der Waals surface area contributed by atoms with Gasteiger partial charge in [0, 0.05) is 37.6 Å². The summed E-state index contributed by atoms with van der Waals surface area (Å²) >= 11 is 7.44. The second-order valence-corrected chi connectivity index (χ2v) is 16.0. The number of likely N-dealkylation sites (N-methyl/N-ethyl adjacent to an activating group) is 1. The molecule has 40 heavy (non-hydrogen) atoms. The first kappa shape index (κ1) is 29.3. The molecule has 0 bridgehead atoms. The number of aromatic nitrogens is 1. The Balaban J connectivity index is 1.32. The van der Waals surface area contributed by atoms with Crippen molar-refractivity contribution in [2.75, 3.05) is 44.7 Å². The lowest BCUT2D eigenvalue weighted by atomic mass is 10.1. The highest BCUT2D eigenvalue weighted by Crippen LogP contribution is 2.28. The van der Waals surface area contributed by atoms with Crippen molar-refractivity contribution in [3.05, 3.63) is 62.2 Å². The number of carbonyl (C=O) groups excluding carboxylic acids is 1. The summed E-state index contributed by atoms with van der Waals surface area (Å²) in [5, 5.41) is 18.3. The molecule has 0 radical (unpaired) electrons. The quantitative estimate of drug-likeness (QED) is 0.283. The van der Waals surface area contributed by atoms with Gasteiger partial charge in [-0.15, -0.1) is 11.3 Å². The maximum Gasteiger partial charge on any atom is 0.241 e. The van der Waals surface area contributed by atoms with Gasteiger partial charge in [-0.1, -0.05) is 23.7 Å². The van der Waals surface area contributed by atoms with Crippen LogP contribution in [0.25, 0.3) is 10.8 Å². The molecule has 2 atom stereocenters. The lowest BCUT2D eigenvalue weighted by Gasteiger charge is -2.40. The smallest absolute Gasteiger partial charge is 0.241 e. The van der Waals surface area contributed by atoms with E-state index in [4.69, 9.17) is 11.6 Å². The Bertz CT molecular complexity index is 1640. The average molecular weight is 628 g/mol. The summed E-state index contributed by atoms with van der Waals surface area (Å²) in [5.74, 6) is -0.663. The predicted molar refractivity (Wildman–Crippen MR) is 154 cm³/mol. The standard InChI is InChI=1S/C25H30ClN5O6S3/c1-31(33)9-6-21-23(16-31)38-24(29-21)15-27-22(25(32)30-7-10-39(34,35)11-8-30)14-28-40(36,37)20-5-3-17-12-19(26)4-2-18(17)13-20/h2-5,12-13,22,27-28H,6-11,14-16H2,1H3. The summed E-state index contributed by atoms with van der Waals surface area (Å²) in [4.78, 5) is 20.5. The zero-order valence-corrected chi connectivity index (χ0v) is 25.0. The molecule has 5 rings (SSSR count). The number of nitrogens with one attached hydrogen (secondary N) is 2. The summed E-state index contributed by atoms with van der Waals surface area (Å²) in [7, 11) is -5.55. The van der Waals surface area contributed by atoms with Crippen LogP contribution in [0.1, 0.15) is 15.6 Å². The van der Waals surface area contributed by atoms with Crippen LogP contribution in [-0.4, -0.2) is 88.0 Å². The molecule has 0 spiro atoms. The molecule has 3 aromatic rings. The first-order chi connectivity index (χ1) is 18.8. The van der Waals surface area contributed by atoms with E-state index in [1.165, 1.54) is 28.4 Å². The highest BCUT2D eigenvalue weighted by Gasteiger charge is 2.31. The molecule has 1 aromatic heterocycles. The zero-order valence-electron chi connectivity index (χ0n) is 21.8. The van der Waals surface area contributed by atoms with Crippen molar-refractivity contribution in [2.45, 2.75) is 30.4 Å². The molecular formula is C25H30ClN5O6S3. The third-order valence-electron chi connectivity index (χ3n) is 7.14. The molecule has 1 saturated heterocycles. The van der Waals surface area contributed by atoms with Crippen LogP contribution in [0.4, 0.5) is 0 Å². The van der Waals surface area contributed by atoms with Gasteiger partial charge in [0.15, 0.2) is 9.84 Å². The van der Waals surface area contributed by atoms with Gasteiger partial charge in [-0.2, -0.15) is 0 Å². The highest BCUT2D eigenvalue weighted by atomic mass is 35.5. The van der Waals surface area contributed by atoms with Crippen molar-refractivity contribution in [1.29, 1.82) is 0 Å². The topological polar surface area (TPSA) is 149 Å². The largest absolute Gasteiger partial charge is 0.633 e. The number of rotatable bonds is 8. The first-order valence-electron chi connectivity index (χ1n) is 12.7. The number of halogens is 1. The van der Waals surface area contributed by atoms with Gasteiger partial charge in [-0.05, 0) is 35.0 Å². The number of nitrogens with zero attached hydrogens (tertiary/aromatic N) is 3. The molecule has 3 heterocycles. The van der Waals surface area contributed by atoms with Crippen LogP contribution in [0.5, 0.6) is 0 Å². The first-order valence-corrected chi connectivity index (χ1v) is 17.2. The number of carbonyl (C=O) groups is 1. The van der Waals surface area contributed by atoms with Crippen molar-refractivity contribution >= 4 is 59.5 Å². The lowest BCUT2D eigenvalue weighted by molar-refractivity contribution is -0.876. The summed E-state index contributed by atoms with van der Waals surface area (Å²) < 4.78 is 52.3. The molecule has 2 aromatic carbocycles. The molecule has 15 heteroatoms. The number of amides is 1. The van der Waals surface area contributed by atoms with E-state index < -0.39 is 31.8 Å². The summed E-state index contributed by atoms with van der Waals surface area (Å²) in [6.07, 6.45) is 0.578. The number of hydrogen-bond donors (Lipinski definition) is 2. The second-order valence-electron chi connectivity index (χ2n) is 10.3. The van der Waals surface area contributed by atoms with Gasteiger partial charge >= 0.3 is 0 Å². The van der Waals surface area contributed by atoms with Crippen molar-refractivity contribution in [3.8, 4) is 0 Å². The van der Waals surface area contributed by atoms with Crippen LogP contribution in [-0.2, 0) is 44.2 Å². The lowest BCUT2D eigenvalue weighted by Crippen LogP contribution is -2.55. The molecule has 1 amide bonds. The van der Waals surface area contributed by atoms with Gasteiger partial charge in [-0.25, -0.2) is 26.5 Å². The Morgan fingerprint density at radius 1 is 1.20 bits per heavy atom. The minimum absolute atomic E-state index is 0.0453. The number of hydrogen-bond acceptors (Lipinski definition) is 9. The van der Waals surface area contributed by atoms with Crippen molar-refractivity contribution in [2.24, 2.45) is 0 Å². The van der Waals surface area contributed by atoms with E-state index in [9.17, 15) is 26.8 Å². The molecule has 0 aliphatic carbocycles. The molecule has 1 fully saturated rings. The normalized spacial score (nSPS) is 21.7. The van der Waals surface area contributed by atoms with Crippen molar-refractivity contribution in [1.82, 2.24) is 19.9 Å². The Morgan fingerprint density at radius 3 is 2.65 bits per heavy atom. The Hall–Kier alpha value is -2.17. The molecule has 11 nitrogen and oxygen atoms in total. The minimum atomic E-state index is -3.98. The fourth-order valence-corrected chi connectivity index (χ4v) is 8.47. The number of sulfone groups is 1. The molecule has 2 aliphatic rings. The van der Waals surface area contributed by atoms with E-state index in [1.54, 1.807) is 31.3 Å². The monoisotopic (exact) mass is 627 g/mol. The van der Waals surface area contributed by atoms with E-state index in [-0.39, 0.29) is 47.2 Å². The molecule has 2 N–H and O–H groups in total. The van der Waals surface area contributed by atoms with E-state index in [0.717, 1.165) is 16.0 Å². The summed E-state index contributed by atoms with van der Waals surface area (Å²) in [5.41, 5.74) is 0.885. The molecular weight excluding hydrogens is 598 g/mol. The summed E-state index contributed by atoms with van der Waals surface area (Å²) in [6.45, 7) is 0.836. The zero-order chi connectivity index (χ0) is 28.7. The van der Waals surface area contributed by atoms with Crippen LogP contribution in [0, 0.1) is 5.21 Å². The van der Waals surface area contributed by atoms with E-state index in [1.807, 2.05) is 0 Å². The number of fused-ring (bicyclic) bond motifs is 2. The van der Waals surface area contributed by atoms with Crippen LogP contribution < -0.4 is 10.0 Å². The number of benzene rings is 2. The fraction of sp³-hybridized carbons (Fsp3) is 0.440. The third kappa shape index (κ3) is 6.82. The molecule has 2 aliphatic heterocycles. The second kappa shape index (κ2) is 11.2. The van der Waals surface area contributed by atoms with E-state index in [2.05, 4.69) is 15.0 Å². The number of hydroxylamine groups is 3. The SMILES string of the molecule is C[N+]1([O-])CCc2nc(CNC(CNS(=O)(=O)c3ccc4cc(Cl)ccc4c3)C(=O)N3CCS(=O)(=O)CC3)sc2C1. The van der Waals surface area contributed by atoms with Gasteiger partial charge in [0.05, 0.1) is 40.6 Å². The molecule has 2 unspecified atom stereocenters. The van der Waals surface area contributed by atoms with Gasteiger partial charge in [0.1, 0.15) is 17.6 Å². The average Bonchev–Trinajstić information content (AvgIpc) is 3.28. The van der Waals surface area contributed by atoms with Crippen molar-refractivity contribution < 1.29 is 26.3 Å². The molecule has 0 saturated carbocycles. The van der Waals surface area contributed by atoms with Crippen LogP contribution in [0.3, 0.4) is 0 Å². The maximum absolute atomic E-state index is 13.4. The Morgan fingerprint density at radius 2 is 1.90 bits per heavy atom. The number of thiazole rings is 1. The maximum atomic E-state index is 13.4. The van der Waals surface area contributed by atoms with E-state index >= 15 is 0 Å². The van der Waals surface area contributed by atoms with Crippen LogP contribution >= 0.6 is 22.9 Å². The van der Waals surface area contributed by atoms with E-state index in [0.29, 0.717) is 34.9 Å². The fourth-order valence-electron chi connectivity index (χ4n) is 4.81. The number of sulfonamides is 1. The molecule has 216 valence electrons. The van der Waals surface area contributed by atoms with Crippen LogP contribution in [0.15, 0.2) is 41.3 Å². The van der Waals surface area contributed by atoms with Gasteiger partial charge in [0.25, 0.3) is 0 Å². The Kier molecular flexibility index (Phi) is 8.25. The van der Waals surface area contributed by atoms with Gasteiger partial charge in [0.2, 0.25) is 15.9 Å². The predicted octanol–water partition coefficient (Wildman–Crippen LogP) is 1.64. The van der Waals surface area contributed by atoms with Crippen molar-refractivity contribution in [3.63, 3.8) is 0 Å². The highest BCUT2D eigenvalue weighted by molar-refractivity contribution is 7.91. The third-order valence-corrected chi connectivity index (χ3v) is 11.5. The summed E-state index contributed by atoms with van der Waals surface area (Å²) in [6, 6.07) is 8.87. The minimum Gasteiger partial charge on any atom is -0.633 e. The van der Waals surface area contributed by atoms with Gasteiger partial charge in [-0.3, -0.25) is 10.1 Å². The number of quaternary nitrogens is 1.